The predicted molar refractivity (Wildman–Crippen MR) is 92.0 cm³/mol. The molecule has 4 rings (SSSR count). The second kappa shape index (κ2) is 5.45. The molecule has 0 radical (unpaired) electrons. The molecule has 1 heteroatoms. The minimum absolute atomic E-state index is 0.313. The zero-order valence-electron chi connectivity index (χ0n) is 12.3. The number of phenols is 1. The summed E-state index contributed by atoms with van der Waals surface area (Å²) in [5, 5.41) is 16.8. The molecule has 0 fully saturated rings. The molecule has 0 amide bonds. The molecule has 0 aliphatic carbocycles. The molecule has 0 spiro atoms. The molecule has 21 heavy (non-hydrogen) atoms. The van der Waals surface area contributed by atoms with Crippen LogP contribution in [0.1, 0.15) is 13.8 Å². The maximum atomic E-state index is 9.70. The minimum Gasteiger partial charge on any atom is -0.508 e. The van der Waals surface area contributed by atoms with Crippen molar-refractivity contribution >= 4 is 32.3 Å². The summed E-state index contributed by atoms with van der Waals surface area (Å²) < 4.78 is 0. The van der Waals surface area contributed by atoms with Crippen LogP contribution in [0.3, 0.4) is 0 Å². The number of rotatable bonds is 0. The Bertz CT molecular complexity index is 923. The summed E-state index contributed by atoms with van der Waals surface area (Å²) in [7, 11) is 0. The molecule has 0 heterocycles. The van der Waals surface area contributed by atoms with Crippen LogP contribution in [0.15, 0.2) is 66.7 Å². The summed E-state index contributed by atoms with van der Waals surface area (Å²) in [5.41, 5.74) is 0. The SMILES string of the molecule is CC.Oc1ccc2ccc3cc4ccccc4cc3c2c1. The minimum atomic E-state index is 0.313. The van der Waals surface area contributed by atoms with Gasteiger partial charge in [-0.05, 0) is 56.6 Å². The summed E-state index contributed by atoms with van der Waals surface area (Å²) in [4.78, 5) is 0. The molecule has 0 aliphatic heterocycles. The molecule has 0 atom stereocenters. The van der Waals surface area contributed by atoms with Crippen LogP contribution in [-0.2, 0) is 0 Å². The van der Waals surface area contributed by atoms with Gasteiger partial charge in [-0.15, -0.1) is 0 Å². The van der Waals surface area contributed by atoms with Crippen LogP contribution in [0.5, 0.6) is 5.75 Å². The number of benzene rings is 4. The molecule has 4 aromatic rings. The van der Waals surface area contributed by atoms with Gasteiger partial charge in [-0.2, -0.15) is 0 Å². The van der Waals surface area contributed by atoms with Crippen molar-refractivity contribution in [3.63, 3.8) is 0 Å². The van der Waals surface area contributed by atoms with E-state index in [4.69, 9.17) is 0 Å². The van der Waals surface area contributed by atoms with Crippen LogP contribution in [0, 0.1) is 0 Å². The van der Waals surface area contributed by atoms with Crippen molar-refractivity contribution in [3.8, 4) is 5.75 Å². The van der Waals surface area contributed by atoms with Gasteiger partial charge < -0.3 is 5.11 Å². The van der Waals surface area contributed by atoms with Crippen LogP contribution in [0.25, 0.3) is 32.3 Å². The highest BCUT2D eigenvalue weighted by Crippen LogP contribution is 2.31. The zero-order valence-corrected chi connectivity index (χ0v) is 12.3. The van der Waals surface area contributed by atoms with E-state index in [1.807, 2.05) is 26.0 Å². The monoisotopic (exact) mass is 274 g/mol. The van der Waals surface area contributed by atoms with E-state index in [1.54, 1.807) is 6.07 Å². The lowest BCUT2D eigenvalue weighted by Gasteiger charge is -2.06. The molecule has 0 aliphatic rings. The lowest BCUT2D eigenvalue weighted by molar-refractivity contribution is 0.476. The molecule has 1 nitrogen and oxygen atoms in total. The summed E-state index contributed by atoms with van der Waals surface area (Å²) >= 11 is 0. The van der Waals surface area contributed by atoms with Gasteiger partial charge >= 0.3 is 0 Å². The van der Waals surface area contributed by atoms with Crippen molar-refractivity contribution in [3.05, 3.63) is 66.7 Å². The van der Waals surface area contributed by atoms with Crippen LogP contribution in [0.4, 0.5) is 0 Å². The third kappa shape index (κ3) is 2.31. The van der Waals surface area contributed by atoms with Crippen molar-refractivity contribution in [1.29, 1.82) is 0 Å². The molecule has 0 saturated heterocycles. The smallest absolute Gasteiger partial charge is 0.116 e. The average Bonchev–Trinajstić information content (AvgIpc) is 2.55. The van der Waals surface area contributed by atoms with E-state index in [9.17, 15) is 5.11 Å². The van der Waals surface area contributed by atoms with Gasteiger partial charge in [0.2, 0.25) is 0 Å². The number of phenolic OH excluding ortho intramolecular Hbond substituents is 1. The lowest BCUT2D eigenvalue weighted by Crippen LogP contribution is -1.79. The van der Waals surface area contributed by atoms with E-state index in [2.05, 4.69) is 48.5 Å². The average molecular weight is 274 g/mol. The van der Waals surface area contributed by atoms with Crippen molar-refractivity contribution in [2.45, 2.75) is 13.8 Å². The summed E-state index contributed by atoms with van der Waals surface area (Å²) in [6.07, 6.45) is 0. The Kier molecular flexibility index (Phi) is 3.49. The summed E-state index contributed by atoms with van der Waals surface area (Å²) in [5.74, 6) is 0.313. The highest BCUT2D eigenvalue weighted by atomic mass is 16.3. The Morgan fingerprint density at radius 1 is 0.571 bits per heavy atom. The Hall–Kier alpha value is -2.54. The van der Waals surface area contributed by atoms with Crippen molar-refractivity contribution in [2.75, 3.05) is 0 Å². The number of hydrogen-bond donors (Lipinski definition) is 1. The van der Waals surface area contributed by atoms with Gasteiger partial charge in [-0.1, -0.05) is 56.3 Å². The quantitative estimate of drug-likeness (QED) is 0.313. The first kappa shape index (κ1) is 13.4. The molecule has 0 aromatic heterocycles. The maximum absolute atomic E-state index is 9.70. The number of hydrogen-bond acceptors (Lipinski definition) is 1. The lowest BCUT2D eigenvalue weighted by atomic mass is 9.98. The second-order valence-electron chi connectivity index (χ2n) is 4.89. The van der Waals surface area contributed by atoms with Crippen molar-refractivity contribution in [1.82, 2.24) is 0 Å². The Morgan fingerprint density at radius 2 is 1.14 bits per heavy atom. The van der Waals surface area contributed by atoms with Crippen LogP contribution in [0.2, 0.25) is 0 Å². The Morgan fingerprint density at radius 3 is 1.90 bits per heavy atom. The standard InChI is InChI=1S/C18H12O.C2H6/c19-16-8-7-12-5-6-15-9-13-3-1-2-4-14(13)10-17(15)18(12)11-16;1-2/h1-11,19H;1-2H3. The molecule has 4 aromatic carbocycles. The van der Waals surface area contributed by atoms with Gasteiger partial charge in [-0.3, -0.25) is 0 Å². The van der Waals surface area contributed by atoms with Gasteiger partial charge in [0.05, 0.1) is 0 Å². The summed E-state index contributed by atoms with van der Waals surface area (Å²) in [6.45, 7) is 4.00. The van der Waals surface area contributed by atoms with Crippen LogP contribution in [-0.4, -0.2) is 5.11 Å². The first-order valence-corrected chi connectivity index (χ1v) is 7.35. The summed E-state index contributed by atoms with van der Waals surface area (Å²) in [6, 6.07) is 22.5. The van der Waals surface area contributed by atoms with E-state index in [0.29, 0.717) is 5.75 Å². The first-order valence-electron chi connectivity index (χ1n) is 7.35. The van der Waals surface area contributed by atoms with E-state index < -0.39 is 0 Å². The highest BCUT2D eigenvalue weighted by molar-refractivity contribution is 6.12. The number of fused-ring (bicyclic) bond motifs is 4. The van der Waals surface area contributed by atoms with Crippen LogP contribution >= 0.6 is 0 Å². The van der Waals surface area contributed by atoms with Gasteiger partial charge in [0.15, 0.2) is 0 Å². The van der Waals surface area contributed by atoms with Crippen molar-refractivity contribution < 1.29 is 5.11 Å². The molecule has 0 saturated carbocycles. The molecule has 0 bridgehead atoms. The molecule has 0 unspecified atom stereocenters. The molecular weight excluding hydrogens is 256 g/mol. The highest BCUT2D eigenvalue weighted by Gasteiger charge is 2.03. The third-order valence-electron chi connectivity index (χ3n) is 3.69. The third-order valence-corrected chi connectivity index (χ3v) is 3.69. The molecule has 1 N–H and O–H groups in total. The molecule has 104 valence electrons. The zero-order chi connectivity index (χ0) is 14.8. The van der Waals surface area contributed by atoms with Gasteiger partial charge in [0.1, 0.15) is 5.75 Å². The van der Waals surface area contributed by atoms with E-state index in [0.717, 1.165) is 10.8 Å². The fourth-order valence-electron chi connectivity index (χ4n) is 2.73. The Balaban J connectivity index is 0.000000636. The fraction of sp³-hybridized carbons (Fsp3) is 0.100. The van der Waals surface area contributed by atoms with E-state index in [-0.39, 0.29) is 0 Å². The normalized spacial score (nSPS) is 10.6. The Labute approximate surface area is 124 Å². The van der Waals surface area contributed by atoms with Crippen LogP contribution < -0.4 is 0 Å². The fourth-order valence-corrected chi connectivity index (χ4v) is 2.73. The van der Waals surface area contributed by atoms with Gasteiger partial charge in [0.25, 0.3) is 0 Å². The second-order valence-corrected chi connectivity index (χ2v) is 4.89. The molecular formula is C20H18O. The van der Waals surface area contributed by atoms with E-state index in [1.165, 1.54) is 21.5 Å². The largest absolute Gasteiger partial charge is 0.508 e. The van der Waals surface area contributed by atoms with Crippen molar-refractivity contribution in [2.24, 2.45) is 0 Å². The maximum Gasteiger partial charge on any atom is 0.116 e. The van der Waals surface area contributed by atoms with E-state index >= 15 is 0 Å². The topological polar surface area (TPSA) is 20.2 Å². The number of aromatic hydroxyl groups is 1. The van der Waals surface area contributed by atoms with Gasteiger partial charge in [-0.25, -0.2) is 0 Å². The first-order chi connectivity index (χ1) is 10.3. The van der Waals surface area contributed by atoms with Gasteiger partial charge in [0, 0.05) is 0 Å². The predicted octanol–water partition coefficient (Wildman–Crippen LogP) is 5.88.